The summed E-state index contributed by atoms with van der Waals surface area (Å²) in [6, 6.07) is 8.79. The van der Waals surface area contributed by atoms with Gasteiger partial charge in [-0.15, -0.1) is 0 Å². The molecule has 2 aromatic rings. The van der Waals surface area contributed by atoms with Gasteiger partial charge in [-0.05, 0) is 43.7 Å². The fourth-order valence-electron chi connectivity index (χ4n) is 2.20. The number of nitrogens with zero attached hydrogens (tertiary/aromatic N) is 1. The molecule has 0 fully saturated rings. The normalized spacial score (nSPS) is 11.4. The molecule has 2 N–H and O–H groups in total. The summed E-state index contributed by atoms with van der Waals surface area (Å²) in [5.41, 5.74) is 0.689. The van der Waals surface area contributed by atoms with E-state index in [1.165, 1.54) is 18.5 Å². The smallest absolute Gasteiger partial charge is 0.253 e. The van der Waals surface area contributed by atoms with E-state index in [4.69, 9.17) is 9.47 Å². The second-order valence-electron chi connectivity index (χ2n) is 6.02. The zero-order valence-corrected chi connectivity index (χ0v) is 15.8. The van der Waals surface area contributed by atoms with E-state index in [0.29, 0.717) is 30.0 Å². The molecule has 0 spiro atoms. The summed E-state index contributed by atoms with van der Waals surface area (Å²) in [4.78, 5) is 28.4. The van der Waals surface area contributed by atoms with Gasteiger partial charge in [0.15, 0.2) is 0 Å². The highest BCUT2D eigenvalue weighted by molar-refractivity contribution is 5.99. The minimum absolute atomic E-state index is 0.0603. The molecule has 1 heterocycles. The molecule has 1 atom stereocenters. The molecule has 0 saturated heterocycles. The third kappa shape index (κ3) is 6.29. The maximum absolute atomic E-state index is 12.2. The fraction of sp³-hybridized carbons (Fsp3) is 0.350. The van der Waals surface area contributed by atoms with Gasteiger partial charge >= 0.3 is 0 Å². The summed E-state index contributed by atoms with van der Waals surface area (Å²) in [6.07, 6.45) is 3.70. The average Bonchev–Trinajstić information content (AvgIpc) is 2.71. The molecule has 27 heavy (non-hydrogen) atoms. The predicted molar refractivity (Wildman–Crippen MR) is 102 cm³/mol. The van der Waals surface area contributed by atoms with Crippen molar-refractivity contribution in [2.75, 3.05) is 20.3 Å². The topological polar surface area (TPSA) is 89.6 Å². The van der Waals surface area contributed by atoms with Gasteiger partial charge in [0.1, 0.15) is 18.1 Å². The first-order chi connectivity index (χ1) is 13.0. The lowest BCUT2D eigenvalue weighted by atomic mass is 10.1. The number of pyridine rings is 1. The van der Waals surface area contributed by atoms with Crippen LogP contribution in [-0.4, -0.2) is 43.1 Å². The highest BCUT2D eigenvalue weighted by Gasteiger charge is 2.12. The molecule has 0 saturated carbocycles. The number of carbonyl (C=O) groups is 2. The first-order valence-corrected chi connectivity index (χ1v) is 8.84. The lowest BCUT2D eigenvalue weighted by Gasteiger charge is -2.12. The molecular formula is C20H25N3O4. The molecule has 7 nitrogen and oxygen atoms in total. The van der Waals surface area contributed by atoms with Crippen LogP contribution in [0.2, 0.25) is 0 Å². The summed E-state index contributed by atoms with van der Waals surface area (Å²) >= 11 is 0. The molecule has 2 rings (SSSR count). The van der Waals surface area contributed by atoms with E-state index < -0.39 is 0 Å². The number of nitrogens with one attached hydrogen (secondary N) is 2. The number of hydrogen-bond acceptors (Lipinski definition) is 5. The first-order valence-electron chi connectivity index (χ1n) is 8.84. The Balaban J connectivity index is 1.83. The van der Waals surface area contributed by atoms with E-state index in [1.807, 2.05) is 13.8 Å². The van der Waals surface area contributed by atoms with Gasteiger partial charge in [0, 0.05) is 18.4 Å². The number of aromatic nitrogens is 1. The summed E-state index contributed by atoms with van der Waals surface area (Å²) in [5.74, 6) is 0.893. The summed E-state index contributed by atoms with van der Waals surface area (Å²) < 4.78 is 10.6. The minimum Gasteiger partial charge on any atom is -0.497 e. The summed E-state index contributed by atoms with van der Waals surface area (Å²) in [7, 11) is 1.60. The number of methoxy groups -OCH3 is 1. The number of rotatable bonds is 9. The lowest BCUT2D eigenvalue weighted by molar-refractivity contribution is 0.0939. The largest absolute Gasteiger partial charge is 0.497 e. The van der Waals surface area contributed by atoms with Crippen molar-refractivity contribution >= 4 is 11.8 Å². The molecule has 0 aliphatic carbocycles. The number of carbonyl (C=O) groups excluding carboxylic acids is 2. The van der Waals surface area contributed by atoms with Crippen molar-refractivity contribution in [3.63, 3.8) is 0 Å². The molecule has 2 amide bonds. The Hall–Kier alpha value is -3.09. The second kappa shape index (κ2) is 10.2. The monoisotopic (exact) mass is 371 g/mol. The maximum Gasteiger partial charge on any atom is 0.253 e. The van der Waals surface area contributed by atoms with Crippen LogP contribution in [0, 0.1) is 0 Å². The molecule has 144 valence electrons. The van der Waals surface area contributed by atoms with Crippen LogP contribution in [0.4, 0.5) is 0 Å². The first kappa shape index (κ1) is 20.2. The van der Waals surface area contributed by atoms with Crippen molar-refractivity contribution < 1.29 is 19.1 Å². The molecule has 1 aromatic carbocycles. The maximum atomic E-state index is 12.2. The van der Waals surface area contributed by atoms with Gasteiger partial charge < -0.3 is 20.1 Å². The van der Waals surface area contributed by atoms with Crippen LogP contribution in [0.5, 0.6) is 11.5 Å². The van der Waals surface area contributed by atoms with Crippen molar-refractivity contribution in [1.82, 2.24) is 15.6 Å². The third-order valence-corrected chi connectivity index (χ3v) is 3.97. The van der Waals surface area contributed by atoms with Gasteiger partial charge in [-0.2, -0.15) is 0 Å². The summed E-state index contributed by atoms with van der Waals surface area (Å²) in [5, 5.41) is 5.60. The highest BCUT2D eigenvalue weighted by Crippen LogP contribution is 2.16. The molecule has 0 aliphatic heterocycles. The van der Waals surface area contributed by atoms with E-state index in [0.717, 1.165) is 12.2 Å². The second-order valence-corrected chi connectivity index (χ2v) is 6.02. The molecule has 1 aromatic heterocycles. The molecule has 7 heteroatoms. The average molecular weight is 371 g/mol. The van der Waals surface area contributed by atoms with Crippen molar-refractivity contribution in [3.05, 3.63) is 53.9 Å². The minimum atomic E-state index is -0.306. The van der Waals surface area contributed by atoms with Crippen LogP contribution in [0.15, 0.2) is 42.7 Å². The van der Waals surface area contributed by atoms with Crippen LogP contribution in [0.3, 0.4) is 0 Å². The Morgan fingerprint density at radius 2 is 1.70 bits per heavy atom. The van der Waals surface area contributed by atoms with E-state index in [2.05, 4.69) is 15.6 Å². The van der Waals surface area contributed by atoms with E-state index in [1.54, 1.807) is 31.4 Å². The third-order valence-electron chi connectivity index (χ3n) is 3.97. The number of hydrogen-bond donors (Lipinski definition) is 2. The molecular weight excluding hydrogens is 346 g/mol. The zero-order chi connectivity index (χ0) is 19.6. The van der Waals surface area contributed by atoms with E-state index >= 15 is 0 Å². The molecule has 1 unspecified atom stereocenters. The Labute approximate surface area is 159 Å². The van der Waals surface area contributed by atoms with Crippen LogP contribution >= 0.6 is 0 Å². The van der Waals surface area contributed by atoms with E-state index in [-0.39, 0.29) is 17.9 Å². The van der Waals surface area contributed by atoms with Crippen LogP contribution < -0.4 is 20.1 Å². The number of benzene rings is 1. The van der Waals surface area contributed by atoms with E-state index in [9.17, 15) is 9.59 Å². The van der Waals surface area contributed by atoms with Crippen LogP contribution in [0.1, 0.15) is 41.0 Å². The molecule has 0 bridgehead atoms. The Bertz CT molecular complexity index is 762. The standard InChI is InChI=1S/C20H25N3O4/c1-4-14(2)23-20(25)16-11-15(12-21-13-16)19(24)22-9-10-27-18-7-5-17(26-3)6-8-18/h5-8,11-14H,4,9-10H2,1-3H3,(H,22,24)(H,23,25). The number of ether oxygens (including phenoxy) is 2. The molecule has 0 aliphatic rings. The Morgan fingerprint density at radius 1 is 1.07 bits per heavy atom. The fourth-order valence-corrected chi connectivity index (χ4v) is 2.20. The van der Waals surface area contributed by atoms with Gasteiger partial charge in [0.2, 0.25) is 0 Å². The van der Waals surface area contributed by atoms with Crippen molar-refractivity contribution in [3.8, 4) is 11.5 Å². The van der Waals surface area contributed by atoms with Crippen molar-refractivity contribution in [1.29, 1.82) is 0 Å². The van der Waals surface area contributed by atoms with Crippen LogP contribution in [0.25, 0.3) is 0 Å². The predicted octanol–water partition coefficient (Wildman–Crippen LogP) is 2.43. The van der Waals surface area contributed by atoms with Gasteiger partial charge in [-0.1, -0.05) is 6.92 Å². The quantitative estimate of drug-likeness (QED) is 0.661. The van der Waals surface area contributed by atoms with Gasteiger partial charge in [-0.25, -0.2) is 0 Å². The Kier molecular flexibility index (Phi) is 7.61. The van der Waals surface area contributed by atoms with Crippen LogP contribution in [-0.2, 0) is 0 Å². The van der Waals surface area contributed by atoms with Crippen molar-refractivity contribution in [2.24, 2.45) is 0 Å². The Morgan fingerprint density at radius 3 is 2.33 bits per heavy atom. The highest BCUT2D eigenvalue weighted by atomic mass is 16.5. The zero-order valence-electron chi connectivity index (χ0n) is 15.8. The number of amides is 2. The van der Waals surface area contributed by atoms with Gasteiger partial charge in [0.05, 0.1) is 24.8 Å². The SMILES string of the molecule is CCC(C)NC(=O)c1cncc(C(=O)NCCOc2ccc(OC)cc2)c1. The molecule has 0 radical (unpaired) electrons. The van der Waals surface area contributed by atoms with Gasteiger partial charge in [0.25, 0.3) is 11.8 Å². The summed E-state index contributed by atoms with van der Waals surface area (Å²) in [6.45, 7) is 4.56. The van der Waals surface area contributed by atoms with Gasteiger partial charge in [-0.3, -0.25) is 14.6 Å². The van der Waals surface area contributed by atoms with Crippen molar-refractivity contribution in [2.45, 2.75) is 26.3 Å². The lowest BCUT2D eigenvalue weighted by Crippen LogP contribution is -2.32.